The lowest BCUT2D eigenvalue weighted by atomic mass is 10.2. The largest absolute Gasteiger partial charge is 0.492 e. The Hall–Kier alpha value is -1.96. The molecular formula is C20H21BrCl2N2O4. The number of ether oxygens (including phenoxy) is 2. The first-order valence-electron chi connectivity index (χ1n) is 8.89. The quantitative estimate of drug-likeness (QED) is 0.385. The van der Waals surface area contributed by atoms with Crippen molar-refractivity contribution >= 4 is 50.9 Å². The van der Waals surface area contributed by atoms with Crippen molar-refractivity contribution in [2.24, 2.45) is 0 Å². The van der Waals surface area contributed by atoms with Crippen molar-refractivity contribution in [1.82, 2.24) is 10.9 Å². The predicted molar refractivity (Wildman–Crippen MR) is 117 cm³/mol. The summed E-state index contributed by atoms with van der Waals surface area (Å²) >= 11 is 15.2. The SMILES string of the molecule is CC(C)Oc1ccc(Br)cc1C(=O)NNC(=O)CCCOc1ccc(Cl)cc1Cl. The van der Waals surface area contributed by atoms with Crippen molar-refractivity contribution in [3.63, 3.8) is 0 Å². The summed E-state index contributed by atoms with van der Waals surface area (Å²) in [5.74, 6) is 0.116. The van der Waals surface area contributed by atoms with Crippen LogP contribution in [0.1, 0.15) is 37.0 Å². The third-order valence-corrected chi connectivity index (χ3v) is 4.59. The maximum absolute atomic E-state index is 12.4. The van der Waals surface area contributed by atoms with E-state index in [4.69, 9.17) is 32.7 Å². The number of hydrogen-bond acceptors (Lipinski definition) is 4. The molecule has 2 aromatic carbocycles. The van der Waals surface area contributed by atoms with Crippen molar-refractivity contribution in [3.05, 3.63) is 56.5 Å². The van der Waals surface area contributed by atoms with Gasteiger partial charge in [0.25, 0.3) is 5.91 Å². The molecule has 0 aliphatic rings. The van der Waals surface area contributed by atoms with Gasteiger partial charge in [-0.2, -0.15) is 0 Å². The fourth-order valence-corrected chi connectivity index (χ4v) is 3.12. The number of benzene rings is 2. The zero-order valence-corrected chi connectivity index (χ0v) is 19.0. The molecule has 0 bridgehead atoms. The maximum atomic E-state index is 12.4. The minimum atomic E-state index is -0.473. The monoisotopic (exact) mass is 502 g/mol. The number of hydrazine groups is 1. The van der Waals surface area contributed by atoms with Crippen LogP contribution in [0.15, 0.2) is 40.9 Å². The van der Waals surface area contributed by atoms with Crippen molar-refractivity contribution < 1.29 is 19.1 Å². The van der Waals surface area contributed by atoms with Crippen LogP contribution in [-0.2, 0) is 4.79 Å². The average Bonchev–Trinajstić information content (AvgIpc) is 2.65. The Kier molecular flexibility index (Phi) is 9.07. The van der Waals surface area contributed by atoms with Gasteiger partial charge in [0, 0.05) is 15.9 Å². The number of carbonyl (C=O) groups is 2. The van der Waals surface area contributed by atoms with E-state index in [0.717, 1.165) is 4.47 Å². The van der Waals surface area contributed by atoms with Crippen LogP contribution in [0.3, 0.4) is 0 Å². The highest BCUT2D eigenvalue weighted by Crippen LogP contribution is 2.27. The molecule has 6 nitrogen and oxygen atoms in total. The summed E-state index contributed by atoms with van der Waals surface area (Å²) in [4.78, 5) is 24.4. The van der Waals surface area contributed by atoms with Gasteiger partial charge in [0.2, 0.25) is 5.91 Å². The summed E-state index contributed by atoms with van der Waals surface area (Å²) < 4.78 is 11.9. The number of amides is 2. The van der Waals surface area contributed by atoms with Gasteiger partial charge in [-0.1, -0.05) is 39.1 Å². The Morgan fingerprint density at radius 2 is 1.79 bits per heavy atom. The van der Waals surface area contributed by atoms with Gasteiger partial charge in [-0.3, -0.25) is 20.4 Å². The second kappa shape index (κ2) is 11.3. The highest BCUT2D eigenvalue weighted by molar-refractivity contribution is 9.10. The first-order chi connectivity index (χ1) is 13.8. The van der Waals surface area contributed by atoms with Gasteiger partial charge in [-0.25, -0.2) is 0 Å². The van der Waals surface area contributed by atoms with E-state index in [2.05, 4.69) is 26.8 Å². The minimum absolute atomic E-state index is 0.0912. The maximum Gasteiger partial charge on any atom is 0.273 e. The van der Waals surface area contributed by atoms with Crippen molar-refractivity contribution in [2.45, 2.75) is 32.8 Å². The fraction of sp³-hybridized carbons (Fsp3) is 0.300. The molecule has 29 heavy (non-hydrogen) atoms. The second-order valence-corrected chi connectivity index (χ2v) is 8.10. The van der Waals surface area contributed by atoms with Crippen LogP contribution in [0.2, 0.25) is 10.0 Å². The molecule has 156 valence electrons. The van der Waals surface area contributed by atoms with E-state index in [-0.39, 0.29) is 18.4 Å². The van der Waals surface area contributed by atoms with Crippen molar-refractivity contribution in [3.8, 4) is 11.5 Å². The van der Waals surface area contributed by atoms with Crippen LogP contribution in [0.25, 0.3) is 0 Å². The molecule has 0 atom stereocenters. The molecule has 0 aliphatic carbocycles. The number of carbonyl (C=O) groups excluding carboxylic acids is 2. The van der Waals surface area contributed by atoms with Gasteiger partial charge < -0.3 is 9.47 Å². The van der Waals surface area contributed by atoms with Crippen LogP contribution in [0.4, 0.5) is 0 Å². The molecule has 0 saturated heterocycles. The van der Waals surface area contributed by atoms with E-state index in [9.17, 15) is 9.59 Å². The molecule has 0 radical (unpaired) electrons. The first kappa shape index (κ1) is 23.3. The number of rotatable bonds is 8. The highest BCUT2D eigenvalue weighted by Gasteiger charge is 2.15. The second-order valence-electron chi connectivity index (χ2n) is 6.34. The standard InChI is InChI=1S/C20H21BrCl2N2O4/c1-12(2)29-17-7-5-13(21)10-15(17)20(27)25-24-19(26)4-3-9-28-18-8-6-14(22)11-16(18)23/h5-8,10-12H,3-4,9H2,1-2H3,(H,24,26)(H,25,27). The molecule has 0 heterocycles. The first-order valence-corrected chi connectivity index (χ1v) is 10.4. The van der Waals surface area contributed by atoms with E-state index < -0.39 is 5.91 Å². The molecule has 0 aromatic heterocycles. The van der Waals surface area contributed by atoms with Crippen LogP contribution in [0, 0.1) is 0 Å². The van der Waals surface area contributed by atoms with Gasteiger partial charge in [0.05, 0.1) is 23.3 Å². The van der Waals surface area contributed by atoms with Crippen LogP contribution in [-0.4, -0.2) is 24.5 Å². The van der Waals surface area contributed by atoms with E-state index in [1.165, 1.54) is 0 Å². The van der Waals surface area contributed by atoms with Gasteiger partial charge in [-0.15, -0.1) is 0 Å². The molecule has 2 amide bonds. The van der Waals surface area contributed by atoms with Crippen molar-refractivity contribution in [1.29, 1.82) is 0 Å². The third-order valence-electron chi connectivity index (χ3n) is 3.56. The van der Waals surface area contributed by atoms with Crippen LogP contribution < -0.4 is 20.3 Å². The summed E-state index contributed by atoms with van der Waals surface area (Å²) in [5, 5.41) is 0.924. The van der Waals surface area contributed by atoms with Gasteiger partial charge in [-0.05, 0) is 56.7 Å². The highest BCUT2D eigenvalue weighted by atomic mass is 79.9. The molecular weight excluding hydrogens is 483 g/mol. The Labute approximate surface area is 188 Å². The summed E-state index contributed by atoms with van der Waals surface area (Å²) in [5.41, 5.74) is 5.10. The lowest BCUT2D eigenvalue weighted by Gasteiger charge is -2.15. The Bertz CT molecular complexity index is 878. The Morgan fingerprint density at radius 3 is 2.48 bits per heavy atom. The predicted octanol–water partition coefficient (Wildman–Crippen LogP) is 5.16. The number of nitrogens with one attached hydrogen (secondary N) is 2. The van der Waals surface area contributed by atoms with Crippen LogP contribution in [0.5, 0.6) is 11.5 Å². The zero-order valence-electron chi connectivity index (χ0n) is 15.9. The molecule has 0 saturated carbocycles. The van der Waals surface area contributed by atoms with E-state index in [1.54, 1.807) is 36.4 Å². The molecule has 2 rings (SSSR count). The zero-order chi connectivity index (χ0) is 21.4. The molecule has 0 fully saturated rings. The summed E-state index contributed by atoms with van der Waals surface area (Å²) in [6.45, 7) is 4.02. The lowest BCUT2D eigenvalue weighted by molar-refractivity contribution is -0.122. The Balaban J connectivity index is 1.79. The minimum Gasteiger partial charge on any atom is -0.492 e. The third kappa shape index (κ3) is 7.76. The normalized spacial score (nSPS) is 10.6. The molecule has 0 spiro atoms. The summed E-state index contributed by atoms with van der Waals surface area (Å²) in [7, 11) is 0. The average molecular weight is 504 g/mol. The van der Waals surface area contributed by atoms with Gasteiger partial charge in [0.15, 0.2) is 0 Å². The lowest BCUT2D eigenvalue weighted by Crippen LogP contribution is -2.41. The summed E-state index contributed by atoms with van der Waals surface area (Å²) in [6, 6.07) is 10.0. The van der Waals surface area contributed by atoms with Gasteiger partial charge >= 0.3 is 0 Å². The molecule has 2 aromatic rings. The number of hydrogen-bond donors (Lipinski definition) is 2. The Morgan fingerprint density at radius 1 is 1.07 bits per heavy atom. The molecule has 0 unspecified atom stereocenters. The van der Waals surface area contributed by atoms with Crippen molar-refractivity contribution in [2.75, 3.05) is 6.61 Å². The molecule has 2 N–H and O–H groups in total. The topological polar surface area (TPSA) is 76.7 Å². The summed E-state index contributed by atoms with van der Waals surface area (Å²) in [6.07, 6.45) is 0.518. The van der Waals surface area contributed by atoms with E-state index in [0.29, 0.717) is 40.1 Å². The molecule has 9 heteroatoms. The van der Waals surface area contributed by atoms with E-state index in [1.807, 2.05) is 13.8 Å². The smallest absolute Gasteiger partial charge is 0.273 e. The fourth-order valence-electron chi connectivity index (χ4n) is 2.30. The molecule has 0 aliphatic heterocycles. The number of halogens is 3. The van der Waals surface area contributed by atoms with E-state index >= 15 is 0 Å². The van der Waals surface area contributed by atoms with Crippen LogP contribution >= 0.6 is 39.1 Å². The van der Waals surface area contributed by atoms with Gasteiger partial charge in [0.1, 0.15) is 11.5 Å².